The van der Waals surface area contributed by atoms with Crippen LogP contribution in [0.2, 0.25) is 5.02 Å². The number of halogens is 1. The van der Waals surface area contributed by atoms with Gasteiger partial charge in [-0.05, 0) is 48.0 Å². The van der Waals surface area contributed by atoms with E-state index in [9.17, 15) is 4.79 Å². The number of hydrogen-bond acceptors (Lipinski definition) is 3. The third-order valence-electron chi connectivity index (χ3n) is 5.40. The first kappa shape index (κ1) is 21.6. The standard InChI is InChI=1S/C28H21ClN4O/c29-21-15-16-23-22(17-21)27(19-9-3-1-4-10-19)33-25-14-8-7-13-24(25)32-26(31-23)18-30-28(34)20-11-5-2-6-12-20/h1-17,33H,18H2,(H,30,34). The van der Waals surface area contributed by atoms with Gasteiger partial charge in [0, 0.05) is 16.0 Å². The van der Waals surface area contributed by atoms with E-state index in [1.54, 1.807) is 18.2 Å². The van der Waals surface area contributed by atoms with Crippen molar-refractivity contribution in [1.82, 2.24) is 20.3 Å². The molecule has 5 nitrogen and oxygen atoms in total. The highest BCUT2D eigenvalue weighted by Crippen LogP contribution is 2.27. The van der Waals surface area contributed by atoms with Crippen molar-refractivity contribution in [1.29, 1.82) is 0 Å². The largest absolute Gasteiger partial charge is 0.353 e. The zero-order valence-corrected chi connectivity index (χ0v) is 19.0. The van der Waals surface area contributed by atoms with Crippen LogP contribution in [0.4, 0.5) is 0 Å². The molecular weight excluding hydrogens is 444 g/mol. The minimum Gasteiger partial charge on any atom is -0.353 e. The van der Waals surface area contributed by atoms with Crippen LogP contribution in [0.1, 0.15) is 16.2 Å². The molecule has 0 aliphatic heterocycles. The van der Waals surface area contributed by atoms with Crippen LogP contribution >= 0.6 is 11.6 Å². The maximum atomic E-state index is 12.6. The van der Waals surface area contributed by atoms with Gasteiger partial charge in [-0.15, -0.1) is 0 Å². The molecule has 1 amide bonds. The molecule has 0 radical (unpaired) electrons. The number of carbonyl (C=O) groups excluding carboxylic acids is 1. The Morgan fingerprint density at radius 2 is 1.47 bits per heavy atom. The number of para-hydroxylation sites is 2. The van der Waals surface area contributed by atoms with Crippen molar-refractivity contribution in [2.24, 2.45) is 0 Å². The van der Waals surface area contributed by atoms with Crippen molar-refractivity contribution in [2.45, 2.75) is 6.54 Å². The van der Waals surface area contributed by atoms with Gasteiger partial charge in [0.15, 0.2) is 0 Å². The lowest BCUT2D eigenvalue weighted by molar-refractivity contribution is 0.0950. The van der Waals surface area contributed by atoms with E-state index in [2.05, 4.69) is 10.3 Å². The normalized spacial score (nSPS) is 10.7. The summed E-state index contributed by atoms with van der Waals surface area (Å²) in [6.07, 6.45) is 0. The van der Waals surface area contributed by atoms with Gasteiger partial charge in [-0.3, -0.25) is 4.79 Å². The fraction of sp³-hybridized carbons (Fsp3) is 0.0357. The number of fused-ring (bicyclic) bond motifs is 2. The summed E-state index contributed by atoms with van der Waals surface area (Å²) in [6, 6.07) is 32.5. The van der Waals surface area contributed by atoms with Crippen molar-refractivity contribution >= 4 is 39.4 Å². The van der Waals surface area contributed by atoms with Crippen LogP contribution in [0.3, 0.4) is 0 Å². The second-order valence-electron chi connectivity index (χ2n) is 7.73. The lowest BCUT2D eigenvalue weighted by atomic mass is 10.1. The number of hydrogen-bond donors (Lipinski definition) is 2. The summed E-state index contributed by atoms with van der Waals surface area (Å²) in [7, 11) is 0. The number of benzene rings is 4. The molecule has 0 spiro atoms. The Bertz CT molecular complexity index is 1530. The van der Waals surface area contributed by atoms with E-state index in [1.165, 1.54) is 0 Å². The molecule has 4 aromatic carbocycles. The fourth-order valence-corrected chi connectivity index (χ4v) is 3.92. The molecule has 34 heavy (non-hydrogen) atoms. The van der Waals surface area contributed by atoms with Crippen LogP contribution < -0.4 is 5.32 Å². The summed E-state index contributed by atoms with van der Waals surface area (Å²) >= 11 is 6.40. The van der Waals surface area contributed by atoms with E-state index in [1.807, 2.05) is 84.9 Å². The molecule has 0 saturated carbocycles. The average molecular weight is 465 g/mol. The Hall–Kier alpha value is -4.22. The quantitative estimate of drug-likeness (QED) is 0.319. The molecule has 0 saturated heterocycles. The summed E-state index contributed by atoms with van der Waals surface area (Å²) in [4.78, 5) is 25.9. The zero-order valence-electron chi connectivity index (χ0n) is 18.2. The minimum absolute atomic E-state index is 0.171. The molecule has 0 aliphatic carbocycles. The Morgan fingerprint density at radius 3 is 2.26 bits per heavy atom. The van der Waals surface area contributed by atoms with Crippen molar-refractivity contribution < 1.29 is 4.79 Å². The van der Waals surface area contributed by atoms with Crippen LogP contribution in [0, 0.1) is 0 Å². The molecule has 0 bridgehead atoms. The molecule has 0 atom stereocenters. The van der Waals surface area contributed by atoms with Crippen molar-refractivity contribution in [3.05, 3.63) is 120 Å². The number of carbonyl (C=O) groups is 1. The Morgan fingerprint density at radius 1 is 0.794 bits per heavy atom. The highest BCUT2D eigenvalue weighted by Gasteiger charge is 2.09. The van der Waals surface area contributed by atoms with Gasteiger partial charge in [-0.2, -0.15) is 0 Å². The van der Waals surface area contributed by atoms with Gasteiger partial charge >= 0.3 is 0 Å². The van der Waals surface area contributed by atoms with Crippen LogP contribution in [0.25, 0.3) is 33.2 Å². The first-order valence-electron chi connectivity index (χ1n) is 10.9. The molecule has 0 unspecified atom stereocenters. The topological polar surface area (TPSA) is 70.7 Å². The maximum Gasteiger partial charge on any atom is 0.251 e. The van der Waals surface area contributed by atoms with Gasteiger partial charge < -0.3 is 10.3 Å². The Balaban J connectivity index is 1.72. The molecule has 5 aromatic rings. The summed E-state index contributed by atoms with van der Waals surface area (Å²) in [5.41, 5.74) is 4.71. The van der Waals surface area contributed by atoms with Crippen LogP contribution in [-0.4, -0.2) is 20.9 Å². The number of nitrogens with one attached hydrogen (secondary N) is 2. The summed E-state index contributed by atoms with van der Waals surface area (Å²) < 4.78 is 0. The van der Waals surface area contributed by atoms with Gasteiger partial charge in [-0.1, -0.05) is 72.3 Å². The Labute approximate surface area is 201 Å². The van der Waals surface area contributed by atoms with Gasteiger partial charge in [0.2, 0.25) is 0 Å². The van der Waals surface area contributed by atoms with Crippen molar-refractivity contribution in [3.63, 3.8) is 0 Å². The predicted octanol–water partition coefficient (Wildman–Crippen LogP) is 6.49. The van der Waals surface area contributed by atoms with Crippen molar-refractivity contribution in [3.8, 4) is 11.3 Å². The summed E-state index contributed by atoms with van der Waals surface area (Å²) in [5, 5.41) is 4.39. The predicted molar refractivity (Wildman–Crippen MR) is 137 cm³/mol. The lowest BCUT2D eigenvalue weighted by Gasteiger charge is -2.05. The third-order valence-corrected chi connectivity index (χ3v) is 5.63. The molecular formula is C28H21ClN4O. The van der Waals surface area contributed by atoms with Gasteiger partial charge in [0.1, 0.15) is 5.82 Å². The van der Waals surface area contributed by atoms with Gasteiger partial charge in [0.25, 0.3) is 5.91 Å². The van der Waals surface area contributed by atoms with E-state index >= 15 is 0 Å². The SMILES string of the molecule is O=C(NCc1nc2ccccc2[nH]c(-c2ccccc2)c2cc(Cl)ccc2n1)c1ccccc1. The second-order valence-corrected chi connectivity index (χ2v) is 8.17. The summed E-state index contributed by atoms with van der Waals surface area (Å²) in [5.74, 6) is 0.300. The molecule has 166 valence electrons. The number of aromatic nitrogens is 3. The minimum atomic E-state index is -0.183. The van der Waals surface area contributed by atoms with Gasteiger partial charge in [-0.25, -0.2) is 9.97 Å². The van der Waals surface area contributed by atoms with E-state index in [0.29, 0.717) is 21.9 Å². The van der Waals surface area contributed by atoms with Crippen LogP contribution in [0.5, 0.6) is 0 Å². The van der Waals surface area contributed by atoms with Gasteiger partial charge in [0.05, 0.1) is 28.8 Å². The van der Waals surface area contributed by atoms with E-state index in [-0.39, 0.29) is 12.5 Å². The molecule has 6 heteroatoms. The molecule has 2 N–H and O–H groups in total. The Kier molecular flexibility index (Phi) is 6.19. The zero-order chi connectivity index (χ0) is 23.3. The molecule has 1 heterocycles. The number of H-pyrrole nitrogens is 1. The number of nitrogens with zero attached hydrogens (tertiary/aromatic N) is 2. The van der Waals surface area contributed by atoms with E-state index in [4.69, 9.17) is 21.6 Å². The molecule has 0 aliphatic rings. The summed E-state index contributed by atoms with van der Waals surface area (Å²) in [6.45, 7) is 0.171. The molecule has 0 fully saturated rings. The first-order valence-corrected chi connectivity index (χ1v) is 11.3. The van der Waals surface area contributed by atoms with Crippen molar-refractivity contribution in [2.75, 3.05) is 0 Å². The number of rotatable bonds is 4. The highest BCUT2D eigenvalue weighted by molar-refractivity contribution is 6.31. The lowest BCUT2D eigenvalue weighted by Crippen LogP contribution is -2.23. The number of amides is 1. The maximum absolute atomic E-state index is 12.6. The highest BCUT2D eigenvalue weighted by atomic mass is 35.5. The molecule has 5 rings (SSSR count). The van der Waals surface area contributed by atoms with Crippen LogP contribution in [0.15, 0.2) is 103 Å². The monoisotopic (exact) mass is 464 g/mol. The smallest absolute Gasteiger partial charge is 0.251 e. The first-order chi connectivity index (χ1) is 16.7. The third kappa shape index (κ3) is 4.75. The number of aromatic amines is 1. The molecule has 1 aromatic heterocycles. The van der Waals surface area contributed by atoms with E-state index < -0.39 is 0 Å². The van der Waals surface area contributed by atoms with Crippen LogP contribution in [-0.2, 0) is 6.54 Å². The van der Waals surface area contributed by atoms with E-state index in [0.717, 1.165) is 27.7 Å². The average Bonchev–Trinajstić information content (AvgIpc) is 2.94. The fourth-order valence-electron chi connectivity index (χ4n) is 3.75. The second kappa shape index (κ2) is 9.73.